The maximum atomic E-state index is 12.9. The first-order valence-electron chi connectivity index (χ1n) is 7.92. The third kappa shape index (κ3) is 1.74. The molecule has 0 bridgehead atoms. The van der Waals surface area contributed by atoms with Gasteiger partial charge in [-0.1, -0.05) is 0 Å². The summed E-state index contributed by atoms with van der Waals surface area (Å²) < 4.78 is 10.8. The maximum Gasteiger partial charge on any atom is 0.209 e. The third-order valence-corrected chi connectivity index (χ3v) is 5.04. The second-order valence-electron chi connectivity index (χ2n) is 6.52. The van der Waals surface area contributed by atoms with Crippen LogP contribution in [0.1, 0.15) is 49.7 Å². The fourth-order valence-corrected chi connectivity index (χ4v) is 3.95. The minimum absolute atomic E-state index is 0.0794. The van der Waals surface area contributed by atoms with Crippen LogP contribution >= 0.6 is 0 Å². The number of rotatable bonds is 0. The predicted octanol–water partition coefficient (Wildman–Crippen LogP) is 1.12. The lowest BCUT2D eigenvalue weighted by molar-refractivity contribution is -0.147. The minimum Gasteiger partial charge on any atom is -0.508 e. The summed E-state index contributed by atoms with van der Waals surface area (Å²) in [5.74, 6) is -2.93. The molecule has 2 heterocycles. The molecule has 132 valence electrons. The van der Waals surface area contributed by atoms with Crippen molar-refractivity contribution in [3.63, 3.8) is 0 Å². The van der Waals surface area contributed by atoms with Crippen molar-refractivity contribution in [1.29, 1.82) is 0 Å². The van der Waals surface area contributed by atoms with E-state index in [9.17, 15) is 30.0 Å². The van der Waals surface area contributed by atoms with Crippen LogP contribution in [0.25, 0.3) is 0 Å². The second-order valence-corrected chi connectivity index (χ2v) is 6.52. The van der Waals surface area contributed by atoms with E-state index in [0.717, 1.165) is 12.1 Å². The van der Waals surface area contributed by atoms with Gasteiger partial charge in [0.05, 0.1) is 17.0 Å². The smallest absolute Gasteiger partial charge is 0.209 e. The number of carbonyl (C=O) groups is 2. The zero-order chi connectivity index (χ0) is 18.3. The molecule has 3 atom stereocenters. The highest BCUT2D eigenvalue weighted by atomic mass is 16.7. The Kier molecular flexibility index (Phi) is 2.77. The van der Waals surface area contributed by atoms with Crippen LogP contribution in [0.5, 0.6) is 23.0 Å². The number of benzene rings is 2. The fraction of sp³-hybridized carbons (Fsp3) is 0.222. The van der Waals surface area contributed by atoms with Crippen molar-refractivity contribution < 1.29 is 39.5 Å². The average Bonchev–Trinajstić information content (AvgIpc) is 3.06. The molecule has 5 rings (SSSR count). The van der Waals surface area contributed by atoms with Crippen molar-refractivity contribution in [1.82, 2.24) is 0 Å². The van der Waals surface area contributed by atoms with Crippen molar-refractivity contribution in [2.24, 2.45) is 0 Å². The van der Waals surface area contributed by atoms with E-state index in [-0.39, 0.29) is 40.2 Å². The quantitative estimate of drug-likeness (QED) is 0.471. The zero-order valence-electron chi connectivity index (χ0n) is 13.1. The largest absolute Gasteiger partial charge is 0.508 e. The molecule has 1 aliphatic carbocycles. The molecule has 0 saturated carbocycles. The molecule has 8 heteroatoms. The van der Waals surface area contributed by atoms with Gasteiger partial charge in [-0.25, -0.2) is 0 Å². The number of hydrogen-bond acceptors (Lipinski definition) is 8. The number of carbonyl (C=O) groups excluding carboxylic acids is 2. The van der Waals surface area contributed by atoms with Gasteiger partial charge in [-0.3, -0.25) is 9.59 Å². The van der Waals surface area contributed by atoms with Gasteiger partial charge in [0, 0.05) is 29.2 Å². The number of phenolic OH excluding ortho intramolecular Hbond substituents is 3. The Morgan fingerprint density at radius 3 is 2.46 bits per heavy atom. The normalized spacial score (nSPS) is 25.3. The van der Waals surface area contributed by atoms with Crippen LogP contribution in [-0.4, -0.2) is 44.6 Å². The molecule has 2 aromatic rings. The summed E-state index contributed by atoms with van der Waals surface area (Å²) in [4.78, 5) is 25.7. The Hall–Kier alpha value is -3.10. The third-order valence-electron chi connectivity index (χ3n) is 5.04. The van der Waals surface area contributed by atoms with Crippen LogP contribution in [-0.2, 0) is 4.74 Å². The lowest BCUT2D eigenvalue weighted by Gasteiger charge is -2.21. The lowest BCUT2D eigenvalue weighted by Crippen LogP contribution is -2.21. The molecular weight excluding hydrogens is 344 g/mol. The number of aliphatic hydroxyl groups excluding tert-OH is 1. The molecular formula is C18H12O8. The molecule has 2 aliphatic heterocycles. The first-order valence-corrected chi connectivity index (χ1v) is 7.92. The van der Waals surface area contributed by atoms with Crippen molar-refractivity contribution in [3.05, 3.63) is 46.0 Å². The van der Waals surface area contributed by atoms with Crippen molar-refractivity contribution in [2.45, 2.75) is 24.9 Å². The number of hydrogen-bond donors (Lipinski definition) is 4. The molecule has 0 amide bonds. The Labute approximate surface area is 145 Å². The summed E-state index contributed by atoms with van der Waals surface area (Å²) in [7, 11) is 0. The van der Waals surface area contributed by atoms with Gasteiger partial charge in [-0.15, -0.1) is 0 Å². The molecule has 0 spiro atoms. The van der Waals surface area contributed by atoms with Gasteiger partial charge in [0.1, 0.15) is 23.0 Å². The van der Waals surface area contributed by atoms with Crippen molar-refractivity contribution in [3.8, 4) is 23.0 Å². The molecule has 4 N–H and O–H groups in total. The summed E-state index contributed by atoms with van der Waals surface area (Å²) in [6, 6.07) is 3.40. The highest BCUT2D eigenvalue weighted by molar-refractivity contribution is 6.30. The molecule has 0 aromatic heterocycles. The first kappa shape index (κ1) is 15.2. The number of phenols is 3. The highest BCUT2D eigenvalue weighted by Gasteiger charge is 2.48. The molecule has 0 radical (unpaired) electrons. The predicted molar refractivity (Wildman–Crippen MR) is 83.6 cm³/mol. The first-order chi connectivity index (χ1) is 12.4. The van der Waals surface area contributed by atoms with E-state index in [1.165, 1.54) is 6.07 Å². The molecule has 8 nitrogen and oxygen atoms in total. The van der Waals surface area contributed by atoms with E-state index < -0.39 is 41.6 Å². The van der Waals surface area contributed by atoms with Crippen LogP contribution in [0.4, 0.5) is 0 Å². The summed E-state index contributed by atoms with van der Waals surface area (Å²) in [6.07, 6.45) is -1.67. The Morgan fingerprint density at radius 2 is 1.69 bits per heavy atom. The highest BCUT2D eigenvalue weighted by Crippen LogP contribution is 2.53. The number of aromatic hydroxyl groups is 3. The van der Waals surface area contributed by atoms with Crippen molar-refractivity contribution >= 4 is 11.6 Å². The summed E-state index contributed by atoms with van der Waals surface area (Å²) in [5.41, 5.74) is -0.428. The van der Waals surface area contributed by atoms with Gasteiger partial charge < -0.3 is 29.9 Å². The molecule has 1 unspecified atom stereocenters. The van der Waals surface area contributed by atoms with Crippen LogP contribution in [0, 0.1) is 0 Å². The SMILES string of the molecule is O=C1c2cc(O)cc(O)c2C(=O)c2c1cc1c(c2O)[C@@H]2CC(O)O[C@@H]2O1. The summed E-state index contributed by atoms with van der Waals surface area (Å²) in [6.45, 7) is 0. The summed E-state index contributed by atoms with van der Waals surface area (Å²) in [5, 5.41) is 40.0. The standard InChI is InChI=1S/C18H12O8/c19-5-1-6-12(9(20)2-5)16(23)14-7(15(6)22)3-10-13(17(14)24)8-4-11(21)26-18(8)25-10/h1-3,8,11,18-21,24H,4H2/t8-,11?,18-/m0/s1. The molecule has 1 saturated heterocycles. The Balaban J connectivity index is 1.75. The zero-order valence-corrected chi connectivity index (χ0v) is 13.1. The van der Waals surface area contributed by atoms with Gasteiger partial charge >= 0.3 is 0 Å². The van der Waals surface area contributed by atoms with Gasteiger partial charge in [0.25, 0.3) is 0 Å². The molecule has 2 aromatic carbocycles. The van der Waals surface area contributed by atoms with Crippen LogP contribution < -0.4 is 4.74 Å². The topological polar surface area (TPSA) is 134 Å². The Morgan fingerprint density at radius 1 is 0.962 bits per heavy atom. The van der Waals surface area contributed by atoms with Crippen LogP contribution in [0.3, 0.4) is 0 Å². The van der Waals surface area contributed by atoms with E-state index in [0.29, 0.717) is 5.56 Å². The number of aliphatic hydroxyl groups is 1. The number of ether oxygens (including phenoxy) is 2. The van der Waals surface area contributed by atoms with E-state index in [1.807, 2.05) is 0 Å². The minimum atomic E-state index is -1.04. The second kappa shape index (κ2) is 4.75. The van der Waals surface area contributed by atoms with Gasteiger partial charge in [-0.2, -0.15) is 0 Å². The van der Waals surface area contributed by atoms with Crippen molar-refractivity contribution in [2.75, 3.05) is 0 Å². The maximum absolute atomic E-state index is 12.9. The Bertz CT molecular complexity index is 1020. The van der Waals surface area contributed by atoms with E-state index in [1.54, 1.807) is 0 Å². The molecule has 26 heavy (non-hydrogen) atoms. The summed E-state index contributed by atoms with van der Waals surface area (Å²) >= 11 is 0. The van der Waals surface area contributed by atoms with Gasteiger partial charge in [0.15, 0.2) is 12.1 Å². The van der Waals surface area contributed by atoms with Crippen LogP contribution in [0.15, 0.2) is 18.2 Å². The number of ketones is 2. The van der Waals surface area contributed by atoms with Crippen LogP contribution in [0.2, 0.25) is 0 Å². The van der Waals surface area contributed by atoms with E-state index >= 15 is 0 Å². The van der Waals surface area contributed by atoms with E-state index in [2.05, 4.69) is 0 Å². The molecule has 3 aliphatic rings. The molecule has 1 fully saturated rings. The average molecular weight is 356 g/mol. The van der Waals surface area contributed by atoms with Gasteiger partial charge in [-0.05, 0) is 12.1 Å². The number of fused-ring (bicyclic) bond motifs is 5. The lowest BCUT2D eigenvalue weighted by atomic mass is 9.80. The monoisotopic (exact) mass is 356 g/mol. The fourth-order valence-electron chi connectivity index (χ4n) is 3.95. The van der Waals surface area contributed by atoms with Gasteiger partial charge in [0.2, 0.25) is 12.1 Å². The van der Waals surface area contributed by atoms with E-state index in [4.69, 9.17) is 9.47 Å².